The number of hydrogen-bond acceptors (Lipinski definition) is 1. The van der Waals surface area contributed by atoms with E-state index in [1.807, 2.05) is 17.6 Å². The van der Waals surface area contributed by atoms with Gasteiger partial charge in [-0.25, -0.2) is 13.2 Å². The number of pyridine rings is 1. The highest BCUT2D eigenvalue weighted by Gasteiger charge is 2.28. The molecule has 0 N–H and O–H groups in total. The molecular weight excluding hydrogens is 409 g/mol. The highest BCUT2D eigenvalue weighted by atomic mass is 35.5. The molecule has 0 saturated carbocycles. The average Bonchev–Trinajstić information content (AvgIpc) is 2.96. The van der Waals surface area contributed by atoms with Crippen molar-refractivity contribution < 1.29 is 13.2 Å². The Kier molecular flexibility index (Phi) is 6.14. The van der Waals surface area contributed by atoms with Crippen LogP contribution in [0.15, 0.2) is 60.5 Å². The molecule has 0 atom stereocenters. The molecule has 2 nitrogen and oxygen atoms in total. The highest BCUT2D eigenvalue weighted by molar-refractivity contribution is 6.35. The third kappa shape index (κ3) is 4.31. The average molecular weight is 433 g/mol. The third-order valence-corrected chi connectivity index (χ3v) is 5.42. The minimum atomic E-state index is -3.28. The Hall–Kier alpha value is -2.53. The molecule has 1 aromatic carbocycles. The molecule has 0 saturated heterocycles. The van der Waals surface area contributed by atoms with Crippen molar-refractivity contribution >= 4 is 22.6 Å². The Morgan fingerprint density at radius 3 is 2.57 bits per heavy atom. The van der Waals surface area contributed by atoms with Crippen LogP contribution in [-0.2, 0) is 12.5 Å². The first-order valence-electron chi connectivity index (χ1n) is 9.70. The van der Waals surface area contributed by atoms with Gasteiger partial charge >= 0.3 is 0 Å². The van der Waals surface area contributed by atoms with Crippen LogP contribution in [0.3, 0.4) is 0 Å². The lowest BCUT2D eigenvalue weighted by molar-refractivity contribution is 0.0138. The topological polar surface area (TPSA) is 17.8 Å². The molecule has 0 unspecified atom stereocenters. The van der Waals surface area contributed by atoms with Crippen LogP contribution in [0.5, 0.6) is 0 Å². The molecule has 3 aromatic rings. The van der Waals surface area contributed by atoms with Crippen molar-refractivity contribution in [3.8, 4) is 11.1 Å². The summed E-state index contributed by atoms with van der Waals surface area (Å²) >= 11 is 6.37. The van der Waals surface area contributed by atoms with Gasteiger partial charge in [0.2, 0.25) is 0 Å². The van der Waals surface area contributed by atoms with Crippen LogP contribution < -0.4 is 0 Å². The molecule has 0 spiro atoms. The van der Waals surface area contributed by atoms with E-state index in [1.165, 1.54) is 12.1 Å². The second-order valence-electron chi connectivity index (χ2n) is 7.78. The van der Waals surface area contributed by atoms with Gasteiger partial charge < -0.3 is 4.57 Å². The zero-order valence-corrected chi connectivity index (χ0v) is 18.2. The molecule has 3 rings (SSSR count). The molecular formula is C24H24ClF3N2. The Morgan fingerprint density at radius 2 is 1.97 bits per heavy atom. The van der Waals surface area contributed by atoms with Gasteiger partial charge in [-0.1, -0.05) is 44.2 Å². The maximum Gasteiger partial charge on any atom is 0.273 e. The molecule has 0 radical (unpaired) electrons. The van der Waals surface area contributed by atoms with Gasteiger partial charge in [0, 0.05) is 31.4 Å². The number of nitrogens with zero attached hydrogens (tertiary/aromatic N) is 2. The lowest BCUT2D eigenvalue weighted by Crippen LogP contribution is -2.10. The molecule has 0 aliphatic rings. The van der Waals surface area contributed by atoms with Crippen LogP contribution in [0, 0.1) is 11.7 Å². The fourth-order valence-electron chi connectivity index (χ4n) is 3.70. The van der Waals surface area contributed by atoms with Crippen molar-refractivity contribution in [2.24, 2.45) is 5.92 Å². The van der Waals surface area contributed by atoms with Crippen LogP contribution in [0.1, 0.15) is 33.3 Å². The zero-order chi connectivity index (χ0) is 22.2. The predicted octanol–water partition coefficient (Wildman–Crippen LogP) is 7.77. The molecule has 0 amide bonds. The van der Waals surface area contributed by atoms with Crippen LogP contribution in [0.25, 0.3) is 22.2 Å². The Morgan fingerprint density at radius 1 is 1.27 bits per heavy atom. The van der Waals surface area contributed by atoms with E-state index in [0.29, 0.717) is 41.1 Å². The van der Waals surface area contributed by atoms with Crippen LogP contribution in [0.4, 0.5) is 13.2 Å². The first-order chi connectivity index (χ1) is 14.0. The number of alkyl halides is 2. The fraction of sp³-hybridized carbons (Fsp3) is 0.292. The van der Waals surface area contributed by atoms with Crippen molar-refractivity contribution in [1.29, 1.82) is 0 Å². The minimum absolute atomic E-state index is 0.335. The lowest BCUT2D eigenvalue weighted by atomic mass is 9.96. The number of halogens is 4. The summed E-state index contributed by atoms with van der Waals surface area (Å²) in [6.07, 6.45) is 5.40. The van der Waals surface area contributed by atoms with Gasteiger partial charge in [0.25, 0.3) is 5.92 Å². The van der Waals surface area contributed by atoms with Gasteiger partial charge in [-0.05, 0) is 47.8 Å². The van der Waals surface area contributed by atoms with Gasteiger partial charge in [-0.15, -0.1) is 0 Å². The number of fused-ring (bicyclic) bond motifs is 1. The molecule has 2 aromatic heterocycles. The number of benzene rings is 1. The van der Waals surface area contributed by atoms with Crippen molar-refractivity contribution in [1.82, 2.24) is 9.55 Å². The SMILES string of the molecule is C=C(Cn1cc(Cl)c2ncc(-c3ccc(F)c(C(C)(F)F)c3)cc21)/C(=C\C)C(C)C. The summed E-state index contributed by atoms with van der Waals surface area (Å²) in [6, 6.07) is 5.53. The summed E-state index contributed by atoms with van der Waals surface area (Å²) < 4.78 is 43.3. The predicted molar refractivity (Wildman–Crippen MR) is 117 cm³/mol. The zero-order valence-electron chi connectivity index (χ0n) is 17.4. The third-order valence-electron chi connectivity index (χ3n) is 5.15. The fourth-order valence-corrected chi connectivity index (χ4v) is 3.96. The monoisotopic (exact) mass is 432 g/mol. The normalized spacial score (nSPS) is 12.8. The van der Waals surface area contributed by atoms with E-state index in [1.54, 1.807) is 12.4 Å². The summed E-state index contributed by atoms with van der Waals surface area (Å²) in [7, 11) is 0. The molecule has 158 valence electrons. The van der Waals surface area contributed by atoms with E-state index in [9.17, 15) is 13.2 Å². The van der Waals surface area contributed by atoms with Crippen LogP contribution in [0.2, 0.25) is 5.02 Å². The lowest BCUT2D eigenvalue weighted by Gasteiger charge is -2.16. The maximum atomic E-state index is 13.9. The van der Waals surface area contributed by atoms with Crippen molar-refractivity contribution in [3.05, 3.63) is 76.9 Å². The summed E-state index contributed by atoms with van der Waals surface area (Å²) in [5.74, 6) is -3.88. The van der Waals surface area contributed by atoms with Gasteiger partial charge in [0.1, 0.15) is 11.3 Å². The van der Waals surface area contributed by atoms with E-state index in [-0.39, 0.29) is 0 Å². The quantitative estimate of drug-likeness (QED) is 0.364. The maximum absolute atomic E-state index is 13.9. The van der Waals surface area contributed by atoms with Crippen molar-refractivity contribution in [3.63, 3.8) is 0 Å². The van der Waals surface area contributed by atoms with E-state index >= 15 is 0 Å². The van der Waals surface area contributed by atoms with Crippen LogP contribution in [-0.4, -0.2) is 9.55 Å². The van der Waals surface area contributed by atoms with E-state index in [4.69, 9.17) is 11.6 Å². The minimum Gasteiger partial charge on any atom is -0.340 e. The number of rotatable bonds is 6. The molecule has 0 aliphatic carbocycles. The first kappa shape index (κ1) is 22.2. The number of hydrogen-bond donors (Lipinski definition) is 0. The second kappa shape index (κ2) is 8.31. The Bertz CT molecular complexity index is 1140. The molecule has 0 bridgehead atoms. The summed E-state index contributed by atoms with van der Waals surface area (Å²) in [4.78, 5) is 4.42. The van der Waals surface area contributed by atoms with Gasteiger partial charge in [-0.2, -0.15) is 0 Å². The standard InChI is InChI=1S/C24H24ClF3N2/c1-6-18(14(2)3)15(4)12-30-13-20(25)23-22(30)10-17(11-29-23)16-7-8-21(26)19(9-16)24(5,27)28/h6-11,13-14H,4,12H2,1-3,5H3/b18-6-. The molecule has 0 fully saturated rings. The van der Waals surface area contributed by atoms with E-state index < -0.39 is 17.3 Å². The van der Waals surface area contributed by atoms with E-state index in [0.717, 1.165) is 22.7 Å². The van der Waals surface area contributed by atoms with Gasteiger partial charge in [0.05, 0.1) is 16.1 Å². The van der Waals surface area contributed by atoms with Gasteiger partial charge in [0.15, 0.2) is 0 Å². The largest absolute Gasteiger partial charge is 0.340 e. The van der Waals surface area contributed by atoms with Crippen molar-refractivity contribution in [2.45, 2.75) is 40.2 Å². The molecule has 0 aliphatic heterocycles. The highest BCUT2D eigenvalue weighted by Crippen LogP contribution is 2.34. The summed E-state index contributed by atoms with van der Waals surface area (Å²) in [5, 5.41) is 0.496. The van der Waals surface area contributed by atoms with E-state index in [2.05, 4.69) is 31.5 Å². The second-order valence-corrected chi connectivity index (χ2v) is 8.19. The smallest absolute Gasteiger partial charge is 0.273 e. The molecule has 6 heteroatoms. The Labute approximate surface area is 179 Å². The summed E-state index contributed by atoms with van der Waals surface area (Å²) in [6.45, 7) is 11.6. The summed E-state index contributed by atoms with van der Waals surface area (Å²) in [5.41, 5.74) is 3.91. The van der Waals surface area contributed by atoms with Crippen LogP contribution >= 0.6 is 11.6 Å². The molecule has 2 heterocycles. The van der Waals surface area contributed by atoms with Gasteiger partial charge in [-0.3, -0.25) is 4.98 Å². The number of allylic oxidation sites excluding steroid dienone is 3. The number of aromatic nitrogens is 2. The molecule has 30 heavy (non-hydrogen) atoms. The first-order valence-corrected chi connectivity index (χ1v) is 10.1. The van der Waals surface area contributed by atoms with Crippen molar-refractivity contribution in [2.75, 3.05) is 0 Å². The Balaban J connectivity index is 2.07.